The summed E-state index contributed by atoms with van der Waals surface area (Å²) in [7, 11) is 3.28. The van der Waals surface area contributed by atoms with Gasteiger partial charge in [0, 0.05) is 23.2 Å². The molecule has 2 rings (SSSR count). The van der Waals surface area contributed by atoms with Gasteiger partial charge in [0.15, 0.2) is 0 Å². The number of pyridine rings is 1. The topological polar surface area (TPSA) is 31.4 Å². The monoisotopic (exact) mass is 203 g/mol. The van der Waals surface area contributed by atoms with Crippen LogP contribution in [0.5, 0.6) is 11.5 Å². The lowest BCUT2D eigenvalue weighted by Gasteiger charge is -2.08. The second-order valence-electron chi connectivity index (χ2n) is 3.35. The average molecular weight is 203 g/mol. The Hall–Kier alpha value is -1.77. The number of hydrogen-bond acceptors (Lipinski definition) is 3. The fraction of sp³-hybridized carbons (Fsp3) is 0.250. The summed E-state index contributed by atoms with van der Waals surface area (Å²) in [6.45, 7) is 1.96. The summed E-state index contributed by atoms with van der Waals surface area (Å²) in [5, 5.41) is 1.00. The molecule has 0 atom stereocenters. The highest BCUT2D eigenvalue weighted by molar-refractivity contribution is 5.86. The minimum Gasteiger partial charge on any atom is -0.497 e. The Labute approximate surface area is 88.7 Å². The van der Waals surface area contributed by atoms with E-state index in [9.17, 15) is 0 Å². The van der Waals surface area contributed by atoms with Gasteiger partial charge >= 0.3 is 0 Å². The van der Waals surface area contributed by atoms with Crippen molar-refractivity contribution in [2.45, 2.75) is 6.92 Å². The first kappa shape index (κ1) is 9.77. The maximum absolute atomic E-state index is 5.29. The van der Waals surface area contributed by atoms with Gasteiger partial charge in [-0.25, -0.2) is 0 Å². The van der Waals surface area contributed by atoms with Gasteiger partial charge < -0.3 is 9.47 Å². The molecule has 0 bridgehead atoms. The SMILES string of the molecule is COc1cc(OC)c2ccc(C)nc2c1. The molecule has 0 fully saturated rings. The molecule has 0 spiro atoms. The molecular formula is C12H13NO2. The Kier molecular flexibility index (Phi) is 2.46. The number of benzene rings is 1. The van der Waals surface area contributed by atoms with Gasteiger partial charge in [0.1, 0.15) is 11.5 Å². The molecule has 0 aliphatic rings. The van der Waals surface area contributed by atoms with Gasteiger partial charge in [-0.3, -0.25) is 4.98 Å². The van der Waals surface area contributed by atoms with E-state index in [-0.39, 0.29) is 0 Å². The summed E-state index contributed by atoms with van der Waals surface area (Å²) in [5.74, 6) is 1.55. The minimum absolute atomic E-state index is 0.762. The van der Waals surface area contributed by atoms with Crippen molar-refractivity contribution in [1.29, 1.82) is 0 Å². The molecule has 1 heterocycles. The summed E-state index contributed by atoms with van der Waals surface area (Å²) in [4.78, 5) is 4.43. The number of methoxy groups -OCH3 is 2. The highest BCUT2D eigenvalue weighted by atomic mass is 16.5. The van der Waals surface area contributed by atoms with Crippen molar-refractivity contribution < 1.29 is 9.47 Å². The van der Waals surface area contributed by atoms with E-state index in [0.29, 0.717) is 0 Å². The van der Waals surface area contributed by atoms with E-state index in [0.717, 1.165) is 28.1 Å². The van der Waals surface area contributed by atoms with Crippen molar-refractivity contribution in [3.8, 4) is 11.5 Å². The molecule has 3 nitrogen and oxygen atoms in total. The number of fused-ring (bicyclic) bond motifs is 1. The normalized spacial score (nSPS) is 10.3. The van der Waals surface area contributed by atoms with E-state index < -0.39 is 0 Å². The molecule has 0 aliphatic carbocycles. The van der Waals surface area contributed by atoms with Crippen molar-refractivity contribution in [3.05, 3.63) is 30.0 Å². The zero-order valence-corrected chi connectivity index (χ0v) is 9.07. The van der Waals surface area contributed by atoms with Crippen LogP contribution in [0.3, 0.4) is 0 Å². The van der Waals surface area contributed by atoms with Crippen molar-refractivity contribution >= 4 is 10.9 Å². The second-order valence-corrected chi connectivity index (χ2v) is 3.35. The fourth-order valence-corrected chi connectivity index (χ4v) is 1.57. The van der Waals surface area contributed by atoms with Crippen molar-refractivity contribution in [2.75, 3.05) is 14.2 Å². The molecule has 1 aromatic heterocycles. The Balaban J connectivity index is 2.74. The van der Waals surface area contributed by atoms with Crippen LogP contribution in [0, 0.1) is 6.92 Å². The van der Waals surface area contributed by atoms with Crippen LogP contribution in [0.2, 0.25) is 0 Å². The van der Waals surface area contributed by atoms with E-state index in [1.807, 2.05) is 31.2 Å². The molecule has 0 N–H and O–H groups in total. The third-order valence-corrected chi connectivity index (χ3v) is 2.34. The van der Waals surface area contributed by atoms with Gasteiger partial charge in [-0.15, -0.1) is 0 Å². The average Bonchev–Trinajstić information content (AvgIpc) is 2.26. The summed E-state index contributed by atoms with van der Waals surface area (Å²) in [6.07, 6.45) is 0. The standard InChI is InChI=1S/C12H13NO2/c1-8-4-5-10-11(13-8)6-9(14-2)7-12(10)15-3/h4-7H,1-3H3. The van der Waals surface area contributed by atoms with Gasteiger partial charge in [-0.2, -0.15) is 0 Å². The van der Waals surface area contributed by atoms with Gasteiger partial charge in [0.05, 0.1) is 19.7 Å². The number of aromatic nitrogens is 1. The lowest BCUT2D eigenvalue weighted by atomic mass is 10.2. The van der Waals surface area contributed by atoms with Crippen molar-refractivity contribution in [3.63, 3.8) is 0 Å². The molecule has 1 aromatic carbocycles. The van der Waals surface area contributed by atoms with Crippen LogP contribution in [0.4, 0.5) is 0 Å². The molecule has 0 saturated heterocycles. The zero-order chi connectivity index (χ0) is 10.8. The molecule has 3 heteroatoms. The number of ether oxygens (including phenoxy) is 2. The van der Waals surface area contributed by atoms with Gasteiger partial charge in [0.2, 0.25) is 0 Å². The van der Waals surface area contributed by atoms with Crippen LogP contribution in [-0.4, -0.2) is 19.2 Å². The highest BCUT2D eigenvalue weighted by Crippen LogP contribution is 2.29. The Bertz CT molecular complexity index is 494. The molecule has 0 unspecified atom stereocenters. The van der Waals surface area contributed by atoms with E-state index in [1.165, 1.54) is 0 Å². The molecule has 2 aromatic rings. The highest BCUT2D eigenvalue weighted by Gasteiger charge is 2.05. The van der Waals surface area contributed by atoms with Gasteiger partial charge in [0.25, 0.3) is 0 Å². The molecule has 78 valence electrons. The number of rotatable bonds is 2. The second kappa shape index (κ2) is 3.77. The Morgan fingerprint density at radius 3 is 2.53 bits per heavy atom. The molecule has 0 radical (unpaired) electrons. The minimum atomic E-state index is 0.762. The summed E-state index contributed by atoms with van der Waals surface area (Å²) in [5.41, 5.74) is 1.88. The molecular weight excluding hydrogens is 190 g/mol. The van der Waals surface area contributed by atoms with Crippen LogP contribution in [0.25, 0.3) is 10.9 Å². The fourth-order valence-electron chi connectivity index (χ4n) is 1.57. The van der Waals surface area contributed by atoms with E-state index in [4.69, 9.17) is 9.47 Å². The first-order valence-corrected chi connectivity index (χ1v) is 4.74. The van der Waals surface area contributed by atoms with E-state index in [2.05, 4.69) is 4.98 Å². The summed E-state index contributed by atoms with van der Waals surface area (Å²) < 4.78 is 10.5. The maximum atomic E-state index is 5.29. The zero-order valence-electron chi connectivity index (χ0n) is 9.07. The smallest absolute Gasteiger partial charge is 0.131 e. The third-order valence-electron chi connectivity index (χ3n) is 2.34. The van der Waals surface area contributed by atoms with Crippen molar-refractivity contribution in [2.24, 2.45) is 0 Å². The van der Waals surface area contributed by atoms with E-state index >= 15 is 0 Å². The van der Waals surface area contributed by atoms with Crippen molar-refractivity contribution in [1.82, 2.24) is 4.98 Å². The van der Waals surface area contributed by atoms with Gasteiger partial charge in [-0.1, -0.05) is 0 Å². The van der Waals surface area contributed by atoms with Crippen LogP contribution in [0.15, 0.2) is 24.3 Å². The number of aryl methyl sites for hydroxylation is 1. The molecule has 0 saturated carbocycles. The lowest BCUT2D eigenvalue weighted by molar-refractivity contribution is 0.398. The van der Waals surface area contributed by atoms with Crippen LogP contribution < -0.4 is 9.47 Å². The van der Waals surface area contributed by atoms with Crippen LogP contribution >= 0.6 is 0 Å². The Morgan fingerprint density at radius 2 is 1.87 bits per heavy atom. The third kappa shape index (κ3) is 1.73. The quantitative estimate of drug-likeness (QED) is 0.751. The Morgan fingerprint density at radius 1 is 1.07 bits per heavy atom. The first-order chi connectivity index (χ1) is 7.24. The first-order valence-electron chi connectivity index (χ1n) is 4.74. The van der Waals surface area contributed by atoms with Crippen LogP contribution in [0.1, 0.15) is 5.69 Å². The predicted octanol–water partition coefficient (Wildman–Crippen LogP) is 2.56. The molecule has 0 aliphatic heterocycles. The summed E-state index contributed by atoms with van der Waals surface area (Å²) >= 11 is 0. The lowest BCUT2D eigenvalue weighted by Crippen LogP contribution is -1.91. The molecule has 0 amide bonds. The predicted molar refractivity (Wildman–Crippen MR) is 59.6 cm³/mol. The molecule has 15 heavy (non-hydrogen) atoms. The largest absolute Gasteiger partial charge is 0.497 e. The maximum Gasteiger partial charge on any atom is 0.131 e. The van der Waals surface area contributed by atoms with Gasteiger partial charge in [-0.05, 0) is 19.1 Å². The summed E-state index contributed by atoms with van der Waals surface area (Å²) in [6, 6.07) is 7.75. The number of hydrogen-bond donors (Lipinski definition) is 0. The number of nitrogens with zero attached hydrogens (tertiary/aromatic N) is 1. The van der Waals surface area contributed by atoms with E-state index in [1.54, 1.807) is 14.2 Å². The van der Waals surface area contributed by atoms with Crippen LogP contribution in [-0.2, 0) is 0 Å².